The van der Waals surface area contributed by atoms with Crippen LogP contribution in [0, 0.1) is 126 Å². The van der Waals surface area contributed by atoms with E-state index in [-0.39, 0.29) is 65.2 Å². The highest BCUT2D eigenvalue weighted by Gasteiger charge is 2.48. The third-order valence-corrected chi connectivity index (χ3v) is 21.2. The smallest absolute Gasteiger partial charge is 0.237 e. The number of para-hydroxylation sites is 1. The first kappa shape index (κ1) is 89.8. The molecule has 638 valence electrons. The molecule has 0 aliphatic carbocycles. The fourth-order valence-electron chi connectivity index (χ4n) is 14.6. The number of halogens is 13. The van der Waals surface area contributed by atoms with E-state index in [4.69, 9.17) is 0 Å². The maximum absolute atomic E-state index is 13.8. The summed E-state index contributed by atoms with van der Waals surface area (Å²) in [4.78, 5) is 126. The van der Waals surface area contributed by atoms with Crippen LogP contribution in [0.15, 0.2) is 206 Å². The molecule has 5 saturated heterocycles. The number of benzene rings is 10. The number of aryl methyl sites for hydroxylation is 3. The molecular weight excluding hydrogens is 1630 g/mol. The molecule has 0 bridgehead atoms. The van der Waals surface area contributed by atoms with Gasteiger partial charge in [-0.3, -0.25) is 47.9 Å². The van der Waals surface area contributed by atoms with Gasteiger partial charge in [0.2, 0.25) is 59.1 Å². The van der Waals surface area contributed by atoms with E-state index in [2.05, 4.69) is 42.5 Å². The van der Waals surface area contributed by atoms with Crippen LogP contribution in [0.1, 0.15) is 74.1 Å². The molecule has 10 amide bonds. The predicted molar refractivity (Wildman–Crippen MR) is 427 cm³/mol. The van der Waals surface area contributed by atoms with Gasteiger partial charge in [-0.2, -0.15) is 0 Å². The Balaban J connectivity index is 0.000000150. The van der Waals surface area contributed by atoms with Crippen molar-refractivity contribution in [2.75, 3.05) is 73.4 Å². The summed E-state index contributed by atoms with van der Waals surface area (Å²) in [5.74, 6) is -27.7. The predicted octanol–water partition coefficient (Wildman–Crippen LogP) is 14.2. The summed E-state index contributed by atoms with van der Waals surface area (Å²) < 4.78 is 174. The summed E-state index contributed by atoms with van der Waals surface area (Å²) in [5.41, 5.74) is 5.19. The Labute approximate surface area is 695 Å². The molecular formula is C90H77F13N10O10. The van der Waals surface area contributed by atoms with Gasteiger partial charge in [0.25, 0.3) is 0 Å². The Hall–Kier alpha value is -14.0. The maximum atomic E-state index is 13.8. The average Bonchev–Trinajstić information content (AvgIpc) is 1.65. The number of carbonyl (C=O) groups is 10. The fourth-order valence-corrected chi connectivity index (χ4v) is 14.6. The van der Waals surface area contributed by atoms with Crippen LogP contribution >= 0.6 is 0 Å². The minimum absolute atomic E-state index is 0.0303. The highest BCUT2D eigenvalue weighted by molar-refractivity contribution is 6.12. The lowest BCUT2D eigenvalue weighted by Gasteiger charge is -2.17. The molecule has 8 N–H and O–H groups in total. The number of amides is 10. The van der Waals surface area contributed by atoms with Gasteiger partial charge in [-0.25, -0.2) is 57.1 Å². The van der Waals surface area contributed by atoms with Crippen LogP contribution in [0.2, 0.25) is 0 Å². The number of carbonyl (C=O) groups excluding carboxylic acids is 10. The van der Waals surface area contributed by atoms with Crippen molar-refractivity contribution in [3.8, 4) is 0 Å². The Morgan fingerprint density at radius 3 is 0.935 bits per heavy atom. The summed E-state index contributed by atoms with van der Waals surface area (Å²) in [6.45, 7) is 7.17. The third-order valence-electron chi connectivity index (χ3n) is 21.2. The largest absolute Gasteiger partial charge is 0.355 e. The van der Waals surface area contributed by atoms with Crippen molar-refractivity contribution in [2.45, 2.75) is 50.4 Å². The Bertz CT molecular complexity index is 5680. The number of nitrogens with zero attached hydrogens (tertiary/aromatic N) is 2. The van der Waals surface area contributed by atoms with Gasteiger partial charge in [0, 0.05) is 76.4 Å². The van der Waals surface area contributed by atoms with Gasteiger partial charge >= 0.3 is 0 Å². The summed E-state index contributed by atoms with van der Waals surface area (Å²) in [7, 11) is 3.23. The molecule has 10 aromatic carbocycles. The second kappa shape index (κ2) is 39.5. The van der Waals surface area contributed by atoms with Crippen LogP contribution in [0.5, 0.6) is 0 Å². The van der Waals surface area contributed by atoms with Gasteiger partial charge in [-0.1, -0.05) is 138 Å². The lowest BCUT2D eigenvalue weighted by molar-refractivity contribution is -0.136. The van der Waals surface area contributed by atoms with E-state index in [1.165, 1.54) is 76.5 Å². The standard InChI is InChI=1S/C19H18F2N2O2.C18H15F3N2O2.2C18H16F2N2O2.C17H12F4N2O2/c1-11-6-8-12(9-7-11)13-10-23(2)19(25)16(13)18(24)22-15-5-3-4-14(20)17(15)21;1-9-2-4-10(5-3-9)11-8-22-17(24)14(11)18(25)23-13-7-6-12(19)15(20)16(13)21;1-10-5-7-11(8-6-10)12-9-21-17(23)15(12)18(24)22-14-4-2-3-13(19)16(14)20;1-22-10-13(11-6-8-12(19)9-7-11)16(18(22)24)17(23)21-15-5-3-2-4-14(15)20;18-10-5-4-8(6-12(10)20)9-7-22-16(24)14(9)17(25)23-13-3-1-2-11(19)15(13)21/h3-9,13,16H,10H2,1-2H3,(H,22,24);2-7,11,14H,8H2,1H3,(H,22,24)(H,23,25);2-8,12,15H,9H2,1H3,(H,21,23)(H,22,24);2-9,13,16H,10H2,1H3,(H,21,23);1-6,9,14H,7H2,(H,22,24)(H,23,25). The van der Waals surface area contributed by atoms with E-state index in [1.54, 1.807) is 32.3 Å². The number of nitrogens with one attached hydrogen (secondary N) is 8. The van der Waals surface area contributed by atoms with Gasteiger partial charge < -0.3 is 52.3 Å². The molecule has 20 nitrogen and oxygen atoms in total. The van der Waals surface area contributed by atoms with Gasteiger partial charge in [0.15, 0.2) is 64.0 Å². The number of hydrogen-bond donors (Lipinski definition) is 8. The quantitative estimate of drug-likeness (QED) is 0.0273. The number of likely N-dealkylation sites (N-methyl/N-ethyl adjacent to an activating group) is 2. The normalized spacial score (nSPS) is 19.9. The van der Waals surface area contributed by atoms with Crippen molar-refractivity contribution in [3.05, 3.63) is 326 Å². The van der Waals surface area contributed by atoms with E-state index in [0.29, 0.717) is 31.3 Å². The Morgan fingerprint density at radius 2 is 0.569 bits per heavy atom. The van der Waals surface area contributed by atoms with E-state index >= 15 is 0 Å². The third kappa shape index (κ3) is 21.1. The second-order valence-corrected chi connectivity index (χ2v) is 29.5. The summed E-state index contributed by atoms with van der Waals surface area (Å²) in [5, 5.41) is 19.2. The molecule has 33 heteroatoms. The minimum Gasteiger partial charge on any atom is -0.355 e. The zero-order valence-electron chi connectivity index (χ0n) is 65.8. The van der Waals surface area contributed by atoms with Gasteiger partial charge in [-0.15, -0.1) is 0 Å². The number of rotatable bonds is 15. The molecule has 0 aromatic heterocycles. The minimum atomic E-state index is -1.68. The van der Waals surface area contributed by atoms with Crippen LogP contribution < -0.4 is 42.5 Å². The zero-order valence-corrected chi connectivity index (χ0v) is 65.8. The van der Waals surface area contributed by atoms with Gasteiger partial charge in [0.05, 0.1) is 28.4 Å². The lowest BCUT2D eigenvalue weighted by atomic mass is 9.87. The molecule has 15 rings (SSSR count). The summed E-state index contributed by atoms with van der Waals surface area (Å²) in [6.07, 6.45) is 0. The topological polar surface area (TPSA) is 273 Å². The molecule has 5 fully saturated rings. The first-order valence-corrected chi connectivity index (χ1v) is 38.1. The molecule has 5 aliphatic heterocycles. The van der Waals surface area contributed by atoms with Crippen LogP contribution in [0.3, 0.4) is 0 Å². The summed E-state index contributed by atoms with van der Waals surface area (Å²) in [6, 6.07) is 49.0. The monoisotopic (exact) mass is 1700 g/mol. The molecule has 10 unspecified atom stereocenters. The first-order chi connectivity index (χ1) is 58.6. The van der Waals surface area contributed by atoms with Crippen molar-refractivity contribution < 1.29 is 105 Å². The van der Waals surface area contributed by atoms with E-state index in [1.807, 2.05) is 93.6 Å². The molecule has 0 saturated carbocycles. The molecule has 5 heterocycles. The van der Waals surface area contributed by atoms with Crippen molar-refractivity contribution in [1.29, 1.82) is 0 Å². The SMILES string of the molecule is CN1CC(c2ccc(F)cc2)C(C(=O)Nc2ccccc2F)C1=O.Cc1ccc(C2CN(C)C(=O)C2C(=O)Nc2cccc(F)c2F)cc1.Cc1ccc(C2CNC(=O)C2C(=O)Nc2ccc(F)c(F)c2F)cc1.Cc1ccc(C2CNC(=O)C2C(=O)Nc2cccc(F)c2F)cc1.O=C1NCC(c2ccc(F)c(F)c2)C1C(=O)Nc1cccc(F)c1F. The molecule has 0 radical (unpaired) electrons. The average molecular weight is 1710 g/mol. The maximum Gasteiger partial charge on any atom is 0.237 e. The highest BCUT2D eigenvalue weighted by Crippen LogP contribution is 2.39. The van der Waals surface area contributed by atoms with Crippen molar-refractivity contribution in [3.63, 3.8) is 0 Å². The molecule has 123 heavy (non-hydrogen) atoms. The Kier molecular flexibility index (Phi) is 28.8. The van der Waals surface area contributed by atoms with Crippen molar-refractivity contribution in [2.24, 2.45) is 29.6 Å². The highest BCUT2D eigenvalue weighted by atomic mass is 19.2. The van der Waals surface area contributed by atoms with E-state index in [9.17, 15) is 105 Å². The van der Waals surface area contributed by atoms with Crippen LogP contribution in [0.4, 0.5) is 85.5 Å². The van der Waals surface area contributed by atoms with E-state index in [0.717, 1.165) is 75.8 Å². The lowest BCUT2D eigenvalue weighted by Crippen LogP contribution is -2.33. The molecule has 10 atom stereocenters. The Morgan fingerprint density at radius 1 is 0.285 bits per heavy atom. The number of hydrogen-bond acceptors (Lipinski definition) is 10. The molecule has 0 spiro atoms. The molecule has 10 aromatic rings. The second-order valence-electron chi connectivity index (χ2n) is 29.5. The number of anilines is 5. The summed E-state index contributed by atoms with van der Waals surface area (Å²) >= 11 is 0. The van der Waals surface area contributed by atoms with Gasteiger partial charge in [-0.05, 0) is 134 Å². The fraction of sp³-hybridized carbons (Fsp3) is 0.222. The first-order valence-electron chi connectivity index (χ1n) is 38.1. The van der Waals surface area contributed by atoms with Crippen LogP contribution in [-0.2, 0) is 47.9 Å². The van der Waals surface area contributed by atoms with Crippen LogP contribution in [-0.4, -0.2) is 116 Å². The van der Waals surface area contributed by atoms with Gasteiger partial charge in [0.1, 0.15) is 41.2 Å². The number of likely N-dealkylation sites (tertiary alicyclic amines) is 2. The van der Waals surface area contributed by atoms with Crippen molar-refractivity contribution >= 4 is 87.5 Å². The van der Waals surface area contributed by atoms with Crippen LogP contribution in [0.25, 0.3) is 0 Å². The molecule has 5 aliphatic rings. The van der Waals surface area contributed by atoms with Crippen molar-refractivity contribution in [1.82, 2.24) is 25.8 Å². The van der Waals surface area contributed by atoms with E-state index < -0.39 is 176 Å². The zero-order chi connectivity index (χ0) is 88.9.